The molecule has 3 N–H and O–H groups in total. The summed E-state index contributed by atoms with van der Waals surface area (Å²) in [5, 5.41) is 37.2. The molecule has 0 aliphatic carbocycles. The second-order valence-electron chi connectivity index (χ2n) is 11.6. The van der Waals surface area contributed by atoms with Gasteiger partial charge in [0.2, 0.25) is 0 Å². The number of carboxylic acids is 1. The van der Waals surface area contributed by atoms with Gasteiger partial charge in [-0.25, -0.2) is 0 Å². The number of nitrogens with zero attached hydrogens (tertiary/aromatic N) is 1. The van der Waals surface area contributed by atoms with E-state index in [0.717, 1.165) is 16.7 Å². The molecule has 2 unspecified atom stereocenters. The largest absolute Gasteiger partial charge is 0.480 e. The Morgan fingerprint density at radius 3 is 1.73 bits per heavy atom. The Morgan fingerprint density at radius 2 is 1.36 bits per heavy atom. The highest BCUT2D eigenvalue weighted by Crippen LogP contribution is 2.46. The van der Waals surface area contributed by atoms with Gasteiger partial charge in [-0.15, -0.1) is 0 Å². The minimum absolute atomic E-state index is 0.0875. The van der Waals surface area contributed by atoms with Crippen molar-refractivity contribution >= 4 is 11.7 Å². The Bertz CT molecular complexity index is 1460. The van der Waals surface area contributed by atoms with Crippen LogP contribution < -0.4 is 10.1 Å². The number of nitro groups is 1. The first-order valence-corrected chi connectivity index (χ1v) is 14.3. The number of aliphatic hydroxyl groups is 1. The van der Waals surface area contributed by atoms with Crippen LogP contribution in [0.1, 0.15) is 54.5 Å². The Labute approximate surface area is 257 Å². The fourth-order valence-electron chi connectivity index (χ4n) is 5.90. The van der Waals surface area contributed by atoms with Gasteiger partial charge in [-0.2, -0.15) is 0 Å². The first-order chi connectivity index (χ1) is 21.0. The van der Waals surface area contributed by atoms with E-state index < -0.39 is 40.4 Å². The van der Waals surface area contributed by atoms with Crippen molar-refractivity contribution in [2.24, 2.45) is 5.41 Å². The number of benzene rings is 4. The molecule has 0 fully saturated rings. The normalized spacial score (nSPS) is 13.2. The summed E-state index contributed by atoms with van der Waals surface area (Å²) in [6.07, 6.45) is 0. The third kappa shape index (κ3) is 6.65. The van der Waals surface area contributed by atoms with E-state index in [4.69, 9.17) is 9.47 Å². The lowest BCUT2D eigenvalue weighted by Crippen LogP contribution is -2.56. The van der Waals surface area contributed by atoms with Crippen LogP contribution in [0, 0.1) is 15.5 Å². The van der Waals surface area contributed by atoms with E-state index in [1.165, 1.54) is 19.2 Å². The molecule has 0 aliphatic heterocycles. The third-order valence-electron chi connectivity index (χ3n) is 7.77. The number of nitro benzene ring substituents is 1. The fraction of sp³-hybridized carbons (Fsp3) is 0.286. The molecule has 4 aromatic rings. The molecule has 9 heteroatoms. The number of carbonyl (C=O) groups is 1. The predicted molar refractivity (Wildman–Crippen MR) is 167 cm³/mol. The first-order valence-electron chi connectivity index (χ1n) is 14.3. The molecule has 0 radical (unpaired) electrons. The molecule has 0 saturated carbocycles. The number of hydrogen-bond acceptors (Lipinski definition) is 7. The lowest BCUT2D eigenvalue weighted by Gasteiger charge is -2.44. The summed E-state index contributed by atoms with van der Waals surface area (Å²) >= 11 is 0. The van der Waals surface area contributed by atoms with Crippen molar-refractivity contribution < 1.29 is 29.4 Å². The highest BCUT2D eigenvalue weighted by atomic mass is 16.7. The zero-order chi connectivity index (χ0) is 31.9. The monoisotopic (exact) mass is 598 g/mol. The quantitative estimate of drug-likeness (QED) is 0.0714. The van der Waals surface area contributed by atoms with Crippen LogP contribution in [0.15, 0.2) is 103 Å². The summed E-state index contributed by atoms with van der Waals surface area (Å²) in [4.78, 5) is 25.4. The summed E-state index contributed by atoms with van der Waals surface area (Å²) in [5.41, 5.74) is 0.553. The van der Waals surface area contributed by atoms with E-state index in [1.54, 1.807) is 0 Å². The van der Waals surface area contributed by atoms with Gasteiger partial charge in [-0.3, -0.25) is 20.2 Å². The number of methoxy groups -OCH3 is 1. The maximum Gasteiger partial charge on any atom is 0.321 e. The van der Waals surface area contributed by atoms with E-state index in [2.05, 4.69) is 5.32 Å². The van der Waals surface area contributed by atoms with Gasteiger partial charge in [0.25, 0.3) is 5.69 Å². The lowest BCUT2D eigenvalue weighted by molar-refractivity contribution is -0.386. The Hall–Kier alpha value is -4.57. The van der Waals surface area contributed by atoms with Crippen molar-refractivity contribution in [1.82, 2.24) is 5.32 Å². The maximum atomic E-state index is 13.5. The summed E-state index contributed by atoms with van der Waals surface area (Å²) in [5.74, 6) is -2.04. The molecule has 0 aromatic heterocycles. The fourth-order valence-corrected chi connectivity index (χ4v) is 5.90. The minimum atomic E-state index is -1.34. The molecular weight excluding hydrogens is 560 g/mol. The molecule has 9 nitrogen and oxygen atoms in total. The Morgan fingerprint density at radius 1 is 0.886 bits per heavy atom. The number of aliphatic hydroxyl groups excluding tert-OH is 1. The standard InChI is InChI=1S/C35H38N2O7/c1-34(2,3)31(28-20-24(22-38)30(44-23-43-4)21-29(28)37(41)42)32(33(39)40)36-35(25-14-8-5-9-15-25,26-16-10-6-11-17-26)27-18-12-7-13-19-27/h5-21,31-32,36,38H,22-23H2,1-4H3,(H,39,40). The molecule has 0 amide bonds. The van der Waals surface area contributed by atoms with Crippen molar-refractivity contribution in [3.63, 3.8) is 0 Å². The molecule has 0 saturated heterocycles. The lowest BCUT2D eigenvalue weighted by atomic mass is 9.69. The molecule has 0 spiro atoms. The number of carboxylic acid groups (broad SMARTS) is 1. The zero-order valence-electron chi connectivity index (χ0n) is 25.3. The second-order valence-corrected chi connectivity index (χ2v) is 11.6. The summed E-state index contributed by atoms with van der Waals surface area (Å²) in [7, 11) is 1.42. The second kappa shape index (κ2) is 13.8. The smallest absolute Gasteiger partial charge is 0.321 e. The predicted octanol–water partition coefficient (Wildman–Crippen LogP) is 6.23. The molecule has 0 heterocycles. The molecule has 4 rings (SSSR count). The summed E-state index contributed by atoms with van der Waals surface area (Å²) < 4.78 is 10.5. The average molecular weight is 599 g/mol. The van der Waals surface area contributed by atoms with Crippen molar-refractivity contribution in [2.45, 2.75) is 44.9 Å². The number of hydrogen-bond donors (Lipinski definition) is 3. The van der Waals surface area contributed by atoms with Crippen molar-refractivity contribution in [3.8, 4) is 5.75 Å². The van der Waals surface area contributed by atoms with Gasteiger partial charge in [-0.05, 0) is 28.2 Å². The molecular formula is C35H38N2O7. The highest BCUT2D eigenvalue weighted by molar-refractivity contribution is 5.77. The number of aliphatic carboxylic acids is 1. The molecule has 4 aromatic carbocycles. The topological polar surface area (TPSA) is 131 Å². The van der Waals surface area contributed by atoms with Gasteiger partial charge in [0.05, 0.1) is 23.1 Å². The average Bonchev–Trinajstić information content (AvgIpc) is 3.02. The number of nitrogens with one attached hydrogen (secondary N) is 1. The van der Waals surface area contributed by atoms with E-state index in [0.29, 0.717) is 0 Å². The molecule has 2 atom stereocenters. The zero-order valence-corrected chi connectivity index (χ0v) is 25.3. The SMILES string of the molecule is COCOc1cc([N+](=O)[O-])c(C(C(NC(c2ccccc2)(c2ccccc2)c2ccccc2)C(=O)O)C(C)(C)C)cc1CO. The van der Waals surface area contributed by atoms with Crippen molar-refractivity contribution in [2.75, 3.05) is 13.9 Å². The van der Waals surface area contributed by atoms with Crippen LogP contribution in [0.2, 0.25) is 0 Å². The maximum absolute atomic E-state index is 13.5. The Balaban J connectivity index is 2.04. The van der Waals surface area contributed by atoms with Gasteiger partial charge in [-0.1, -0.05) is 112 Å². The van der Waals surface area contributed by atoms with E-state index in [9.17, 15) is 25.1 Å². The van der Waals surface area contributed by atoms with Crippen LogP contribution in [-0.4, -0.2) is 41.1 Å². The molecule has 44 heavy (non-hydrogen) atoms. The van der Waals surface area contributed by atoms with E-state index >= 15 is 0 Å². The first kappa shape index (κ1) is 32.3. The van der Waals surface area contributed by atoms with Crippen molar-refractivity contribution in [1.29, 1.82) is 0 Å². The van der Waals surface area contributed by atoms with Gasteiger partial charge in [0, 0.05) is 24.2 Å². The molecule has 0 aliphatic rings. The van der Waals surface area contributed by atoms with Gasteiger partial charge >= 0.3 is 5.97 Å². The minimum Gasteiger partial charge on any atom is -0.480 e. The number of rotatable bonds is 13. The van der Waals surface area contributed by atoms with E-state index in [1.807, 2.05) is 112 Å². The van der Waals surface area contributed by atoms with Gasteiger partial charge in [0.15, 0.2) is 6.79 Å². The van der Waals surface area contributed by atoms with Gasteiger partial charge < -0.3 is 19.7 Å². The summed E-state index contributed by atoms with van der Waals surface area (Å²) in [6, 6.07) is 30.0. The number of ether oxygens (including phenoxy) is 2. The van der Waals surface area contributed by atoms with Crippen LogP contribution in [0.3, 0.4) is 0 Å². The third-order valence-corrected chi connectivity index (χ3v) is 7.77. The van der Waals surface area contributed by atoms with E-state index in [-0.39, 0.29) is 29.4 Å². The Kier molecular flexibility index (Phi) is 10.2. The van der Waals surface area contributed by atoms with Crippen LogP contribution >= 0.6 is 0 Å². The van der Waals surface area contributed by atoms with Crippen LogP contribution in [0.4, 0.5) is 5.69 Å². The van der Waals surface area contributed by atoms with Crippen LogP contribution in [-0.2, 0) is 21.7 Å². The van der Waals surface area contributed by atoms with Gasteiger partial charge in [0.1, 0.15) is 11.8 Å². The van der Waals surface area contributed by atoms with Crippen molar-refractivity contribution in [3.05, 3.63) is 141 Å². The summed E-state index contributed by atoms with van der Waals surface area (Å²) in [6.45, 7) is 4.89. The highest BCUT2D eigenvalue weighted by Gasteiger charge is 2.47. The van der Waals surface area contributed by atoms with Crippen LogP contribution in [0.25, 0.3) is 0 Å². The van der Waals surface area contributed by atoms with Crippen LogP contribution in [0.5, 0.6) is 5.75 Å². The molecule has 0 bridgehead atoms. The molecule has 230 valence electrons.